The molecule has 3 aromatic rings. The Labute approximate surface area is 214 Å². The van der Waals surface area contributed by atoms with Crippen molar-refractivity contribution in [3.05, 3.63) is 83.2 Å². The number of amides is 1. The Bertz CT molecular complexity index is 1310. The number of benzene rings is 3. The van der Waals surface area contributed by atoms with Gasteiger partial charge in [-0.15, -0.1) is 0 Å². The lowest BCUT2D eigenvalue weighted by atomic mass is 9.90. The average molecular weight is 511 g/mol. The number of nitrogens with zero attached hydrogens (tertiary/aromatic N) is 2. The Morgan fingerprint density at radius 2 is 1.70 bits per heavy atom. The monoisotopic (exact) mass is 510 g/mol. The molecule has 1 amide bonds. The molecule has 5 rings (SSSR count). The number of anilines is 1. The first-order valence-electron chi connectivity index (χ1n) is 12.5. The minimum absolute atomic E-state index is 0.0109. The van der Waals surface area contributed by atoms with Crippen molar-refractivity contribution < 1.29 is 27.4 Å². The fourth-order valence-electron chi connectivity index (χ4n) is 5.21. The lowest BCUT2D eigenvalue weighted by Gasteiger charge is -2.37. The summed E-state index contributed by atoms with van der Waals surface area (Å²) in [6.45, 7) is 6.46. The minimum Gasteiger partial charge on any atom is -0.494 e. The second kappa shape index (κ2) is 10.1. The van der Waals surface area contributed by atoms with Gasteiger partial charge in [0, 0.05) is 43.7 Å². The Hall–Kier alpha value is -3.52. The van der Waals surface area contributed by atoms with E-state index < -0.39 is 23.1 Å². The number of halogens is 3. The van der Waals surface area contributed by atoms with Crippen LogP contribution in [-0.2, 0) is 11.3 Å². The van der Waals surface area contributed by atoms with Crippen molar-refractivity contribution in [1.82, 2.24) is 4.90 Å². The summed E-state index contributed by atoms with van der Waals surface area (Å²) in [5.74, 6) is -3.24. The lowest BCUT2D eigenvalue weighted by Crippen LogP contribution is -2.46. The molecular formula is C29H29F3N2O3. The number of carbonyl (C=O) groups is 1. The average Bonchev–Trinajstić information content (AvgIpc) is 3.22. The molecule has 1 spiro atoms. The fourth-order valence-corrected chi connectivity index (χ4v) is 5.21. The first-order chi connectivity index (χ1) is 17.8. The maximum Gasteiger partial charge on any atom is 0.415 e. The normalized spacial score (nSPS) is 17.3. The summed E-state index contributed by atoms with van der Waals surface area (Å²) >= 11 is 0. The van der Waals surface area contributed by atoms with Crippen LogP contribution in [-0.4, -0.2) is 42.8 Å². The first kappa shape index (κ1) is 25.1. The van der Waals surface area contributed by atoms with Crippen molar-refractivity contribution in [2.45, 2.75) is 38.8 Å². The van der Waals surface area contributed by atoms with E-state index in [0.29, 0.717) is 56.9 Å². The summed E-state index contributed by atoms with van der Waals surface area (Å²) in [4.78, 5) is 16.5. The van der Waals surface area contributed by atoms with Crippen LogP contribution in [0.4, 0.5) is 23.7 Å². The molecule has 2 aliphatic heterocycles. The van der Waals surface area contributed by atoms with Crippen molar-refractivity contribution in [1.29, 1.82) is 0 Å². The maximum atomic E-state index is 14.8. The van der Waals surface area contributed by atoms with Crippen molar-refractivity contribution in [3.63, 3.8) is 0 Å². The zero-order chi connectivity index (χ0) is 26.2. The van der Waals surface area contributed by atoms with Crippen LogP contribution in [0.2, 0.25) is 0 Å². The molecule has 0 radical (unpaired) electrons. The number of para-hydroxylation sites is 1. The number of piperidine rings is 1. The van der Waals surface area contributed by atoms with E-state index in [-0.39, 0.29) is 11.7 Å². The Balaban J connectivity index is 1.37. The molecule has 0 N–H and O–H groups in total. The van der Waals surface area contributed by atoms with Crippen LogP contribution in [0, 0.1) is 24.4 Å². The molecule has 2 aliphatic rings. The van der Waals surface area contributed by atoms with E-state index in [1.54, 1.807) is 11.0 Å². The van der Waals surface area contributed by atoms with Crippen LogP contribution in [0.25, 0.3) is 11.1 Å². The summed E-state index contributed by atoms with van der Waals surface area (Å²) in [7, 11) is 0. The molecule has 0 bridgehead atoms. The highest BCUT2D eigenvalue weighted by molar-refractivity contribution is 5.90. The van der Waals surface area contributed by atoms with E-state index in [9.17, 15) is 18.0 Å². The number of likely N-dealkylation sites (tertiary alicyclic amines) is 1. The Kier molecular flexibility index (Phi) is 6.86. The van der Waals surface area contributed by atoms with Gasteiger partial charge in [-0.25, -0.2) is 18.0 Å². The number of carbonyl (C=O) groups excluding carboxylic acids is 1. The second-order valence-electron chi connectivity index (χ2n) is 9.68. The van der Waals surface area contributed by atoms with Crippen molar-refractivity contribution in [3.8, 4) is 16.9 Å². The zero-order valence-corrected chi connectivity index (χ0v) is 20.9. The van der Waals surface area contributed by atoms with E-state index in [1.165, 1.54) is 6.07 Å². The third-order valence-electron chi connectivity index (χ3n) is 7.23. The first-order valence-corrected chi connectivity index (χ1v) is 12.5. The lowest BCUT2D eigenvalue weighted by molar-refractivity contribution is -0.000952. The SMILES string of the molecule is CCOc1cc(CN2CCC3(CC2)CN(c2ccccc2)C(=O)O3)c(-c2ccc(F)c(F)c2F)cc1C. The highest BCUT2D eigenvalue weighted by atomic mass is 19.2. The molecule has 2 fully saturated rings. The summed E-state index contributed by atoms with van der Waals surface area (Å²) in [5, 5.41) is 0. The molecule has 0 unspecified atom stereocenters. The topological polar surface area (TPSA) is 42.0 Å². The van der Waals surface area contributed by atoms with Crippen LogP contribution in [0.3, 0.4) is 0 Å². The maximum absolute atomic E-state index is 14.8. The van der Waals surface area contributed by atoms with Crippen molar-refractivity contribution in [2.75, 3.05) is 31.1 Å². The molecule has 3 aromatic carbocycles. The van der Waals surface area contributed by atoms with E-state index >= 15 is 0 Å². The molecule has 194 valence electrons. The van der Waals surface area contributed by atoms with E-state index in [1.807, 2.05) is 50.2 Å². The molecule has 2 heterocycles. The predicted octanol–water partition coefficient (Wildman–Crippen LogP) is 6.47. The standard InChI is InChI=1S/C29H29F3N2O3/c1-3-36-25-16-20(23(15-19(25)2)22-9-10-24(30)27(32)26(22)31)17-33-13-11-29(12-14-33)18-34(28(35)37-29)21-7-5-4-6-8-21/h4-10,15-16H,3,11-14,17-18H2,1-2H3. The van der Waals surface area contributed by atoms with E-state index in [0.717, 1.165) is 22.9 Å². The molecular weight excluding hydrogens is 481 g/mol. The zero-order valence-electron chi connectivity index (χ0n) is 20.9. The van der Waals surface area contributed by atoms with Gasteiger partial charge in [0.05, 0.1) is 13.2 Å². The predicted molar refractivity (Wildman–Crippen MR) is 135 cm³/mol. The third-order valence-corrected chi connectivity index (χ3v) is 7.23. The number of ether oxygens (including phenoxy) is 2. The minimum atomic E-state index is -1.49. The molecule has 0 aromatic heterocycles. The van der Waals surface area contributed by atoms with Gasteiger partial charge in [0.1, 0.15) is 11.4 Å². The van der Waals surface area contributed by atoms with Gasteiger partial charge in [-0.2, -0.15) is 0 Å². The van der Waals surface area contributed by atoms with Crippen LogP contribution < -0.4 is 9.64 Å². The van der Waals surface area contributed by atoms with Crippen LogP contribution in [0.15, 0.2) is 54.6 Å². The van der Waals surface area contributed by atoms with E-state index in [2.05, 4.69) is 4.90 Å². The summed E-state index contributed by atoms with van der Waals surface area (Å²) in [5.41, 5.74) is 2.30. The number of rotatable bonds is 6. The molecule has 37 heavy (non-hydrogen) atoms. The highest BCUT2D eigenvalue weighted by Gasteiger charge is 2.47. The van der Waals surface area contributed by atoms with Gasteiger partial charge >= 0.3 is 6.09 Å². The van der Waals surface area contributed by atoms with Gasteiger partial charge < -0.3 is 9.47 Å². The van der Waals surface area contributed by atoms with E-state index in [4.69, 9.17) is 9.47 Å². The molecule has 0 aliphatic carbocycles. The Morgan fingerprint density at radius 3 is 2.41 bits per heavy atom. The molecule has 8 heteroatoms. The molecule has 5 nitrogen and oxygen atoms in total. The van der Waals surface area contributed by atoms with Gasteiger partial charge in [0.15, 0.2) is 17.5 Å². The van der Waals surface area contributed by atoms with Gasteiger partial charge in [0.25, 0.3) is 0 Å². The fraction of sp³-hybridized carbons (Fsp3) is 0.345. The number of aryl methyl sites for hydroxylation is 1. The van der Waals surface area contributed by atoms with Crippen LogP contribution in [0.5, 0.6) is 5.75 Å². The molecule has 2 saturated heterocycles. The van der Waals surface area contributed by atoms with Crippen molar-refractivity contribution >= 4 is 11.8 Å². The van der Waals surface area contributed by atoms with Crippen LogP contribution in [0.1, 0.15) is 30.9 Å². The summed E-state index contributed by atoms with van der Waals surface area (Å²) in [6.07, 6.45) is 0.970. The summed E-state index contributed by atoms with van der Waals surface area (Å²) in [6, 6.07) is 15.3. The molecule has 0 atom stereocenters. The quantitative estimate of drug-likeness (QED) is 0.357. The largest absolute Gasteiger partial charge is 0.494 e. The van der Waals surface area contributed by atoms with Gasteiger partial charge in [-0.1, -0.05) is 18.2 Å². The van der Waals surface area contributed by atoms with Gasteiger partial charge in [0.2, 0.25) is 0 Å². The highest BCUT2D eigenvalue weighted by Crippen LogP contribution is 2.38. The number of hydrogen-bond acceptors (Lipinski definition) is 4. The van der Waals surface area contributed by atoms with Gasteiger partial charge in [-0.3, -0.25) is 9.80 Å². The van der Waals surface area contributed by atoms with Crippen LogP contribution >= 0.6 is 0 Å². The van der Waals surface area contributed by atoms with Crippen molar-refractivity contribution in [2.24, 2.45) is 0 Å². The number of hydrogen-bond donors (Lipinski definition) is 0. The smallest absolute Gasteiger partial charge is 0.415 e. The second-order valence-corrected chi connectivity index (χ2v) is 9.68. The van der Waals surface area contributed by atoms with Gasteiger partial charge in [-0.05, 0) is 66.9 Å². The summed E-state index contributed by atoms with van der Waals surface area (Å²) < 4.78 is 54.1. The molecule has 0 saturated carbocycles. The third kappa shape index (κ3) is 4.90. The Morgan fingerprint density at radius 1 is 0.973 bits per heavy atom.